The van der Waals surface area contributed by atoms with Crippen LogP contribution in [0.25, 0.3) is 0 Å². The maximum absolute atomic E-state index is 12.2. The molecule has 0 saturated carbocycles. The first-order chi connectivity index (χ1) is 17.4. The first-order valence-corrected chi connectivity index (χ1v) is 11.4. The summed E-state index contributed by atoms with van der Waals surface area (Å²) in [6.07, 6.45) is 1.33. The van der Waals surface area contributed by atoms with Crippen molar-refractivity contribution in [2.75, 3.05) is 23.8 Å². The summed E-state index contributed by atoms with van der Waals surface area (Å²) in [6.45, 7) is 1.88. The number of nitrogens with one attached hydrogen (secondary N) is 3. The van der Waals surface area contributed by atoms with Crippen LogP contribution in [0.2, 0.25) is 10.0 Å². The lowest BCUT2D eigenvalue weighted by Gasteiger charge is -2.13. The Hall–Kier alpha value is -4.08. The number of rotatable bonds is 9. The fourth-order valence-corrected chi connectivity index (χ4v) is 3.23. The van der Waals surface area contributed by atoms with E-state index < -0.39 is 17.7 Å². The number of nitrogens with zero attached hydrogens (tertiary/aromatic N) is 1. The van der Waals surface area contributed by atoms with Crippen molar-refractivity contribution >= 4 is 58.5 Å². The van der Waals surface area contributed by atoms with E-state index >= 15 is 0 Å². The third-order valence-electron chi connectivity index (χ3n) is 4.44. The van der Waals surface area contributed by atoms with E-state index in [1.807, 2.05) is 0 Å². The predicted molar refractivity (Wildman–Crippen MR) is 139 cm³/mol. The number of halogens is 2. The molecule has 3 N–H and O–H groups in total. The molecule has 11 heteroatoms. The average molecular weight is 529 g/mol. The number of para-hydroxylation sites is 1. The molecule has 3 rings (SSSR count). The Labute approximate surface area is 217 Å². The molecule has 0 spiro atoms. The van der Waals surface area contributed by atoms with Crippen LogP contribution < -0.4 is 25.5 Å². The molecule has 9 nitrogen and oxygen atoms in total. The highest BCUT2D eigenvalue weighted by Crippen LogP contribution is 2.28. The fourth-order valence-electron chi connectivity index (χ4n) is 2.85. The third-order valence-corrected chi connectivity index (χ3v) is 5.01. The van der Waals surface area contributed by atoms with Crippen LogP contribution in [0.3, 0.4) is 0 Å². The lowest BCUT2D eigenvalue weighted by Crippen LogP contribution is -2.32. The van der Waals surface area contributed by atoms with Crippen molar-refractivity contribution in [2.24, 2.45) is 5.10 Å². The van der Waals surface area contributed by atoms with Crippen molar-refractivity contribution in [1.29, 1.82) is 0 Å². The van der Waals surface area contributed by atoms with Gasteiger partial charge >= 0.3 is 11.8 Å². The molecule has 3 aromatic rings. The molecular weight excluding hydrogens is 507 g/mol. The van der Waals surface area contributed by atoms with Crippen molar-refractivity contribution in [2.45, 2.75) is 6.92 Å². The Bertz CT molecular complexity index is 1280. The van der Waals surface area contributed by atoms with Gasteiger partial charge in [0.15, 0.2) is 18.1 Å². The second-order valence-corrected chi connectivity index (χ2v) is 7.96. The van der Waals surface area contributed by atoms with Crippen molar-refractivity contribution in [3.8, 4) is 11.5 Å². The minimum Gasteiger partial charge on any atom is -0.490 e. The van der Waals surface area contributed by atoms with E-state index in [-0.39, 0.29) is 6.61 Å². The molecule has 0 unspecified atom stereocenters. The van der Waals surface area contributed by atoms with Gasteiger partial charge in [-0.1, -0.05) is 41.4 Å². The Morgan fingerprint density at radius 1 is 0.889 bits per heavy atom. The second-order valence-electron chi connectivity index (χ2n) is 7.12. The lowest BCUT2D eigenvalue weighted by molar-refractivity contribution is -0.136. The fraction of sp³-hybridized carbons (Fsp3) is 0.120. The van der Waals surface area contributed by atoms with E-state index in [1.54, 1.807) is 67.6 Å². The highest BCUT2D eigenvalue weighted by atomic mass is 35.5. The molecule has 0 heterocycles. The van der Waals surface area contributed by atoms with Crippen LogP contribution in [0, 0.1) is 0 Å². The number of hydrazone groups is 1. The van der Waals surface area contributed by atoms with Crippen LogP contribution in [0.5, 0.6) is 11.5 Å². The van der Waals surface area contributed by atoms with Crippen LogP contribution in [0.15, 0.2) is 71.8 Å². The zero-order chi connectivity index (χ0) is 25.9. The average Bonchev–Trinajstić information content (AvgIpc) is 2.85. The maximum atomic E-state index is 12.2. The van der Waals surface area contributed by atoms with Gasteiger partial charge in [-0.2, -0.15) is 5.10 Å². The third kappa shape index (κ3) is 8.00. The number of hydrogen-bond donors (Lipinski definition) is 3. The van der Waals surface area contributed by atoms with E-state index in [1.165, 1.54) is 12.3 Å². The predicted octanol–water partition coefficient (Wildman–Crippen LogP) is 4.50. The van der Waals surface area contributed by atoms with Crippen molar-refractivity contribution < 1.29 is 23.9 Å². The van der Waals surface area contributed by atoms with E-state index in [0.29, 0.717) is 45.1 Å². The van der Waals surface area contributed by atoms with Crippen molar-refractivity contribution in [3.63, 3.8) is 0 Å². The zero-order valence-corrected chi connectivity index (χ0v) is 20.6. The van der Waals surface area contributed by atoms with Gasteiger partial charge in [0.2, 0.25) is 0 Å². The second kappa shape index (κ2) is 13.1. The topological polar surface area (TPSA) is 118 Å². The minimum atomic E-state index is -0.958. The van der Waals surface area contributed by atoms with E-state index in [0.717, 1.165) is 0 Å². The summed E-state index contributed by atoms with van der Waals surface area (Å²) in [5, 5.41) is 9.73. The molecule has 3 aromatic carbocycles. The summed E-state index contributed by atoms with van der Waals surface area (Å²) < 4.78 is 11.2. The number of hydrogen-bond acceptors (Lipinski definition) is 6. The van der Waals surface area contributed by atoms with Crippen LogP contribution in [0.4, 0.5) is 11.4 Å². The largest absolute Gasteiger partial charge is 0.490 e. The number of ether oxygens (including phenoxy) is 2. The first kappa shape index (κ1) is 26.5. The van der Waals surface area contributed by atoms with E-state index in [2.05, 4.69) is 21.2 Å². The summed E-state index contributed by atoms with van der Waals surface area (Å²) in [7, 11) is 0. The first-order valence-electron chi connectivity index (χ1n) is 10.7. The van der Waals surface area contributed by atoms with Gasteiger partial charge in [-0.3, -0.25) is 14.4 Å². The SMILES string of the molecule is CCOc1cc(/C=N\NC(=O)C(=O)Nc2cccc(Cl)c2)ccc1OCC(=O)Nc1ccccc1Cl. The van der Waals surface area contributed by atoms with Crippen LogP contribution in [-0.2, 0) is 14.4 Å². The van der Waals surface area contributed by atoms with Gasteiger partial charge in [0.25, 0.3) is 5.91 Å². The molecule has 0 aromatic heterocycles. The molecule has 186 valence electrons. The molecular formula is C25H22Cl2N4O5. The molecule has 3 amide bonds. The number of carbonyl (C=O) groups excluding carboxylic acids is 3. The summed E-state index contributed by atoms with van der Waals surface area (Å²) in [6, 6.07) is 18.1. The Morgan fingerprint density at radius 2 is 1.69 bits per heavy atom. The Morgan fingerprint density at radius 3 is 2.44 bits per heavy atom. The standard InChI is InChI=1S/C25H22Cl2N4O5/c1-2-35-22-12-16(14-28-31-25(34)24(33)29-18-7-5-6-17(26)13-18)10-11-21(22)36-15-23(32)30-20-9-4-3-8-19(20)27/h3-14H,2,15H2,1H3,(H,29,33)(H,30,32)(H,31,34)/b28-14-. The van der Waals surface area contributed by atoms with Crippen molar-refractivity contribution in [3.05, 3.63) is 82.3 Å². The zero-order valence-electron chi connectivity index (χ0n) is 19.1. The highest BCUT2D eigenvalue weighted by Gasteiger charge is 2.13. The highest BCUT2D eigenvalue weighted by molar-refractivity contribution is 6.39. The van der Waals surface area contributed by atoms with Crippen LogP contribution in [-0.4, -0.2) is 37.1 Å². The number of benzene rings is 3. The van der Waals surface area contributed by atoms with Gasteiger partial charge in [-0.15, -0.1) is 0 Å². The van der Waals surface area contributed by atoms with E-state index in [9.17, 15) is 14.4 Å². The molecule has 0 radical (unpaired) electrons. The molecule has 0 bridgehead atoms. The van der Waals surface area contributed by atoms with Gasteiger partial charge in [0.05, 0.1) is 23.5 Å². The minimum absolute atomic E-state index is 0.267. The Balaban J connectivity index is 1.56. The summed E-state index contributed by atoms with van der Waals surface area (Å²) in [5.74, 6) is -1.54. The van der Waals surface area contributed by atoms with Crippen LogP contribution >= 0.6 is 23.2 Å². The van der Waals surface area contributed by atoms with Gasteiger partial charge in [-0.25, -0.2) is 5.43 Å². The van der Waals surface area contributed by atoms with Gasteiger partial charge in [-0.05, 0) is 61.0 Å². The van der Waals surface area contributed by atoms with Crippen LogP contribution in [0.1, 0.15) is 12.5 Å². The molecule has 0 fully saturated rings. The quantitative estimate of drug-likeness (QED) is 0.214. The monoisotopic (exact) mass is 528 g/mol. The molecule has 0 aliphatic heterocycles. The summed E-state index contributed by atoms with van der Waals surface area (Å²) >= 11 is 11.9. The number of amides is 3. The molecule has 0 saturated heterocycles. The van der Waals surface area contributed by atoms with Gasteiger partial charge < -0.3 is 20.1 Å². The Kier molecular flexibility index (Phi) is 9.67. The number of carbonyl (C=O) groups is 3. The smallest absolute Gasteiger partial charge is 0.329 e. The normalized spacial score (nSPS) is 10.5. The van der Waals surface area contributed by atoms with E-state index in [4.69, 9.17) is 32.7 Å². The summed E-state index contributed by atoms with van der Waals surface area (Å²) in [5.41, 5.74) is 3.56. The van der Waals surface area contributed by atoms with Gasteiger partial charge in [0.1, 0.15) is 0 Å². The van der Waals surface area contributed by atoms with Crippen molar-refractivity contribution in [1.82, 2.24) is 5.43 Å². The molecule has 0 atom stereocenters. The molecule has 0 aliphatic rings. The molecule has 36 heavy (non-hydrogen) atoms. The molecule has 0 aliphatic carbocycles. The summed E-state index contributed by atoms with van der Waals surface area (Å²) in [4.78, 5) is 36.2. The number of anilines is 2. The van der Waals surface area contributed by atoms with Gasteiger partial charge in [0, 0.05) is 10.7 Å². The maximum Gasteiger partial charge on any atom is 0.329 e. The lowest BCUT2D eigenvalue weighted by atomic mass is 10.2.